The predicted molar refractivity (Wildman–Crippen MR) is 286 cm³/mol. The number of benzene rings is 2. The largest absolute Gasteiger partial charge is 0.140 e. The molecule has 6 rings (SSSR count). The van der Waals surface area contributed by atoms with Gasteiger partial charge in [0.15, 0.2) is 0 Å². The SMILES string of the molecule is CCCCCCCCc1ccc(-c2cc3cc(-c4ccc(CCCCCCCC)s4)c(-c4ccc(CCCCCCCC)s4)cc3cc2-c2ccc(CCCCCCCC)s2)s1. The minimum atomic E-state index is 1.20. The van der Waals surface area contributed by atoms with Crippen LogP contribution >= 0.6 is 45.3 Å². The highest BCUT2D eigenvalue weighted by Gasteiger charge is 2.19. The highest BCUT2D eigenvalue weighted by atomic mass is 32.1. The molecule has 0 saturated carbocycles. The second-order valence-corrected chi connectivity index (χ2v) is 23.0. The first-order valence-electron chi connectivity index (χ1n) is 25.6. The van der Waals surface area contributed by atoms with Crippen LogP contribution in [-0.2, 0) is 25.7 Å². The predicted octanol–water partition coefficient (Wildman–Crippen LogP) is 21.4. The molecule has 4 aromatic heterocycles. The molecule has 0 bridgehead atoms. The van der Waals surface area contributed by atoms with E-state index in [1.807, 2.05) is 45.3 Å². The van der Waals surface area contributed by atoms with Crippen LogP contribution in [0.3, 0.4) is 0 Å². The number of rotatable bonds is 32. The van der Waals surface area contributed by atoms with Gasteiger partial charge in [0.25, 0.3) is 0 Å². The van der Waals surface area contributed by atoms with Gasteiger partial charge in [-0.25, -0.2) is 0 Å². The zero-order chi connectivity index (χ0) is 43.2. The molecule has 62 heavy (non-hydrogen) atoms. The molecular weight excluding hydrogens is 825 g/mol. The van der Waals surface area contributed by atoms with E-state index in [0.717, 1.165) is 0 Å². The quantitative estimate of drug-likeness (QED) is 0.0370. The van der Waals surface area contributed by atoms with Crippen molar-refractivity contribution in [3.05, 3.63) is 92.3 Å². The van der Waals surface area contributed by atoms with Crippen LogP contribution in [-0.4, -0.2) is 0 Å². The Kier molecular flexibility index (Phi) is 21.9. The van der Waals surface area contributed by atoms with E-state index in [0.29, 0.717) is 0 Å². The van der Waals surface area contributed by atoms with Crippen LogP contribution in [0.1, 0.15) is 201 Å². The van der Waals surface area contributed by atoms with Crippen molar-refractivity contribution in [2.24, 2.45) is 0 Å². The molecule has 0 aliphatic heterocycles. The van der Waals surface area contributed by atoms with Gasteiger partial charge < -0.3 is 0 Å². The summed E-state index contributed by atoms with van der Waals surface area (Å²) < 4.78 is 0. The van der Waals surface area contributed by atoms with Crippen molar-refractivity contribution in [2.45, 2.75) is 207 Å². The number of aryl methyl sites for hydroxylation is 4. The van der Waals surface area contributed by atoms with E-state index in [1.165, 1.54) is 232 Å². The Morgan fingerprint density at radius 3 is 0.694 bits per heavy atom. The van der Waals surface area contributed by atoms with Crippen LogP contribution in [0.2, 0.25) is 0 Å². The van der Waals surface area contributed by atoms with Crippen LogP contribution in [0, 0.1) is 0 Å². The van der Waals surface area contributed by atoms with Crippen LogP contribution in [0.5, 0.6) is 0 Å². The lowest BCUT2D eigenvalue weighted by Crippen LogP contribution is -1.87. The van der Waals surface area contributed by atoms with E-state index >= 15 is 0 Å². The van der Waals surface area contributed by atoms with Crippen molar-refractivity contribution >= 4 is 56.1 Å². The van der Waals surface area contributed by atoms with Gasteiger partial charge >= 0.3 is 0 Å². The molecule has 6 aromatic rings. The van der Waals surface area contributed by atoms with Gasteiger partial charge in [-0.05, 0) is 135 Å². The maximum absolute atomic E-state index is 2.56. The van der Waals surface area contributed by atoms with Crippen molar-refractivity contribution in [1.29, 1.82) is 0 Å². The summed E-state index contributed by atoms with van der Waals surface area (Å²) in [5, 5.41) is 2.74. The van der Waals surface area contributed by atoms with Crippen molar-refractivity contribution in [2.75, 3.05) is 0 Å². The fraction of sp³-hybridized carbons (Fsp3) is 0.552. The third kappa shape index (κ3) is 15.3. The molecule has 0 saturated heterocycles. The lowest BCUT2D eigenvalue weighted by molar-refractivity contribution is 0.609. The highest BCUT2D eigenvalue weighted by Crippen LogP contribution is 2.46. The summed E-state index contributed by atoms with van der Waals surface area (Å²) in [6, 6.07) is 29.7. The molecule has 0 N–H and O–H groups in total. The normalized spacial score (nSPS) is 11.7. The lowest BCUT2D eigenvalue weighted by atomic mass is 9.94. The van der Waals surface area contributed by atoms with Gasteiger partial charge in [-0.2, -0.15) is 0 Å². The van der Waals surface area contributed by atoms with Crippen LogP contribution in [0.15, 0.2) is 72.8 Å². The second-order valence-electron chi connectivity index (χ2n) is 18.3. The van der Waals surface area contributed by atoms with Gasteiger partial charge in [0, 0.05) is 61.3 Å². The molecule has 0 radical (unpaired) electrons. The lowest BCUT2D eigenvalue weighted by Gasteiger charge is -2.14. The monoisotopic (exact) mass is 905 g/mol. The molecule has 0 aliphatic rings. The Bertz CT molecular complexity index is 1830. The molecule has 4 heteroatoms. The Labute approximate surface area is 395 Å². The van der Waals surface area contributed by atoms with E-state index < -0.39 is 0 Å². The molecule has 0 amide bonds. The molecule has 0 fully saturated rings. The van der Waals surface area contributed by atoms with Crippen molar-refractivity contribution in [3.8, 4) is 41.8 Å². The second kappa shape index (κ2) is 27.7. The summed E-state index contributed by atoms with van der Waals surface area (Å²) in [4.78, 5) is 11.9. The van der Waals surface area contributed by atoms with Gasteiger partial charge in [0.1, 0.15) is 0 Å². The van der Waals surface area contributed by atoms with E-state index in [1.54, 1.807) is 19.5 Å². The molecule has 4 heterocycles. The Morgan fingerprint density at radius 2 is 0.468 bits per heavy atom. The summed E-state index contributed by atoms with van der Waals surface area (Å²) in [6.45, 7) is 9.25. The van der Waals surface area contributed by atoms with Gasteiger partial charge in [0.2, 0.25) is 0 Å². The first-order valence-corrected chi connectivity index (χ1v) is 28.8. The number of thiophene rings is 4. The first-order chi connectivity index (χ1) is 30.6. The van der Waals surface area contributed by atoms with Crippen LogP contribution in [0.25, 0.3) is 52.5 Å². The van der Waals surface area contributed by atoms with E-state index in [4.69, 9.17) is 0 Å². The molecule has 336 valence electrons. The molecule has 2 aromatic carbocycles. The maximum Gasteiger partial charge on any atom is 0.0352 e. The van der Waals surface area contributed by atoms with E-state index in [-0.39, 0.29) is 0 Å². The molecule has 0 aliphatic carbocycles. The minimum absolute atomic E-state index is 1.20. The van der Waals surface area contributed by atoms with Crippen LogP contribution in [0.4, 0.5) is 0 Å². The first kappa shape index (κ1) is 48.9. The summed E-state index contributed by atoms with van der Waals surface area (Å²) in [5.74, 6) is 0. The summed E-state index contributed by atoms with van der Waals surface area (Å²) in [7, 11) is 0. The van der Waals surface area contributed by atoms with Crippen molar-refractivity contribution in [3.63, 3.8) is 0 Å². The highest BCUT2D eigenvalue weighted by molar-refractivity contribution is 7.17. The Morgan fingerprint density at radius 1 is 0.258 bits per heavy atom. The minimum Gasteiger partial charge on any atom is -0.140 e. The zero-order valence-corrected chi connectivity index (χ0v) is 42.6. The Hall–Kier alpha value is -2.50. The number of hydrogen-bond acceptors (Lipinski definition) is 4. The number of fused-ring (bicyclic) bond motifs is 1. The fourth-order valence-corrected chi connectivity index (χ4v) is 13.4. The van der Waals surface area contributed by atoms with Gasteiger partial charge in [-0.3, -0.25) is 0 Å². The fourth-order valence-electron chi connectivity index (χ4n) is 9.11. The summed E-state index contributed by atoms with van der Waals surface area (Å²) in [5.41, 5.74) is 5.65. The van der Waals surface area contributed by atoms with Crippen molar-refractivity contribution in [1.82, 2.24) is 0 Å². The zero-order valence-electron chi connectivity index (χ0n) is 39.4. The van der Waals surface area contributed by atoms with Gasteiger partial charge in [-0.15, -0.1) is 45.3 Å². The van der Waals surface area contributed by atoms with Crippen molar-refractivity contribution < 1.29 is 0 Å². The van der Waals surface area contributed by atoms with Gasteiger partial charge in [0.05, 0.1) is 0 Å². The topological polar surface area (TPSA) is 0 Å². The third-order valence-corrected chi connectivity index (χ3v) is 17.6. The average molecular weight is 906 g/mol. The maximum atomic E-state index is 2.56. The molecule has 0 nitrogen and oxygen atoms in total. The third-order valence-electron chi connectivity index (χ3n) is 12.9. The Balaban J connectivity index is 1.33. The number of hydrogen-bond donors (Lipinski definition) is 0. The van der Waals surface area contributed by atoms with E-state index in [9.17, 15) is 0 Å². The molecule has 0 unspecified atom stereocenters. The van der Waals surface area contributed by atoms with E-state index in [2.05, 4.69) is 100 Å². The van der Waals surface area contributed by atoms with Gasteiger partial charge in [-0.1, -0.05) is 156 Å². The summed E-state index contributed by atoms with van der Waals surface area (Å²) >= 11 is 8.17. The standard InChI is InChI=1S/C58H80S4/c1-5-9-13-17-21-25-29-47-33-37-55(59-47)51-41-45-43-53(57-39-35-49(61-57)31-27-23-19-15-11-7-3)54(58-40-36-50(62-58)32-28-24-20-16-12-8-4)44-46(45)42-52(51)56-38-34-48(60-56)30-26-22-18-14-10-6-2/h33-44H,5-32H2,1-4H3. The molecule has 0 atom stereocenters. The number of unbranched alkanes of at least 4 members (excludes halogenated alkanes) is 20. The van der Waals surface area contributed by atoms with Crippen LogP contribution < -0.4 is 0 Å². The molecular formula is C58H80S4. The molecule has 0 spiro atoms. The summed E-state index contributed by atoms with van der Waals surface area (Å²) in [6.07, 6.45) is 37.3. The smallest absolute Gasteiger partial charge is 0.0352 e. The average Bonchev–Trinajstić information content (AvgIpc) is 4.14.